The average molecular weight is 457 g/mol. The van der Waals surface area contributed by atoms with Gasteiger partial charge in [-0.05, 0) is 52.2 Å². The van der Waals surface area contributed by atoms with E-state index in [0.717, 1.165) is 14.1 Å². The molecule has 23 heavy (non-hydrogen) atoms. The number of amides is 1. The van der Waals surface area contributed by atoms with Crippen molar-refractivity contribution in [2.45, 2.75) is 5.16 Å². The van der Waals surface area contributed by atoms with E-state index in [1.54, 1.807) is 0 Å². The van der Waals surface area contributed by atoms with Gasteiger partial charge < -0.3 is 11.2 Å². The number of hydrogen-bond acceptors (Lipinski definition) is 6. The molecule has 1 aromatic carbocycles. The SMILES string of the molecule is Nn1c(SCC(=O)Nc2cccc(I)c2)nnc1-c1cccs1. The first kappa shape index (κ1) is 16.3. The Morgan fingerprint density at radius 2 is 2.22 bits per heavy atom. The van der Waals surface area contributed by atoms with E-state index in [0.29, 0.717) is 11.0 Å². The van der Waals surface area contributed by atoms with Gasteiger partial charge in [-0.15, -0.1) is 21.5 Å². The molecular formula is C14H12IN5OS2. The van der Waals surface area contributed by atoms with Crippen molar-refractivity contribution in [3.8, 4) is 10.7 Å². The number of rotatable bonds is 5. The Balaban J connectivity index is 1.61. The molecule has 0 radical (unpaired) electrons. The Labute approximate surface area is 154 Å². The molecule has 0 saturated heterocycles. The van der Waals surface area contributed by atoms with Gasteiger partial charge in [0.1, 0.15) is 0 Å². The second-order valence-corrected chi connectivity index (χ2v) is 7.64. The molecule has 0 aliphatic rings. The third-order valence-electron chi connectivity index (χ3n) is 2.85. The third-order valence-corrected chi connectivity index (χ3v) is 5.33. The van der Waals surface area contributed by atoms with Crippen LogP contribution in [0.5, 0.6) is 0 Å². The number of thioether (sulfide) groups is 1. The standard InChI is InChI=1S/C14H12IN5OS2/c15-9-3-1-4-10(7-9)17-12(21)8-23-14-19-18-13(20(14)16)11-5-2-6-22-11/h1-7H,8,16H2,(H,17,21). The number of anilines is 1. The number of carbonyl (C=O) groups excluding carboxylic acids is 1. The highest BCUT2D eigenvalue weighted by atomic mass is 127. The maximum absolute atomic E-state index is 12.0. The van der Waals surface area contributed by atoms with E-state index >= 15 is 0 Å². The summed E-state index contributed by atoms with van der Waals surface area (Å²) in [6.07, 6.45) is 0. The number of benzene rings is 1. The lowest BCUT2D eigenvalue weighted by atomic mass is 10.3. The molecule has 0 unspecified atom stereocenters. The fraction of sp³-hybridized carbons (Fsp3) is 0.0714. The summed E-state index contributed by atoms with van der Waals surface area (Å²) in [7, 11) is 0. The Kier molecular flexibility index (Phi) is 5.18. The van der Waals surface area contributed by atoms with Gasteiger partial charge in [-0.3, -0.25) is 4.79 Å². The Bertz CT molecular complexity index is 818. The summed E-state index contributed by atoms with van der Waals surface area (Å²) in [5.41, 5.74) is 0.774. The fourth-order valence-corrected chi connectivity index (χ4v) is 3.75. The molecule has 9 heteroatoms. The van der Waals surface area contributed by atoms with E-state index < -0.39 is 0 Å². The molecule has 6 nitrogen and oxygen atoms in total. The van der Waals surface area contributed by atoms with Crippen molar-refractivity contribution in [2.24, 2.45) is 0 Å². The summed E-state index contributed by atoms with van der Waals surface area (Å²) < 4.78 is 2.48. The molecular weight excluding hydrogens is 445 g/mol. The van der Waals surface area contributed by atoms with E-state index in [9.17, 15) is 4.79 Å². The summed E-state index contributed by atoms with van der Waals surface area (Å²) in [5, 5.41) is 13.4. The van der Waals surface area contributed by atoms with Gasteiger partial charge in [0.15, 0.2) is 5.82 Å². The second kappa shape index (κ2) is 7.32. The molecule has 2 aromatic heterocycles. The van der Waals surface area contributed by atoms with Gasteiger partial charge in [0.25, 0.3) is 0 Å². The Morgan fingerprint density at radius 1 is 1.35 bits per heavy atom. The van der Waals surface area contributed by atoms with Crippen molar-refractivity contribution >= 4 is 57.3 Å². The number of aromatic nitrogens is 3. The molecule has 0 aliphatic heterocycles. The fourth-order valence-electron chi connectivity index (χ4n) is 1.84. The highest BCUT2D eigenvalue weighted by molar-refractivity contribution is 14.1. The Morgan fingerprint density at radius 3 is 2.96 bits per heavy atom. The van der Waals surface area contributed by atoms with Crippen LogP contribution in [-0.4, -0.2) is 26.5 Å². The first-order valence-corrected chi connectivity index (χ1v) is 9.50. The number of nitrogens with two attached hydrogens (primary N) is 1. The topological polar surface area (TPSA) is 85.8 Å². The minimum Gasteiger partial charge on any atom is -0.335 e. The zero-order chi connectivity index (χ0) is 16.2. The number of hydrogen-bond donors (Lipinski definition) is 2. The third kappa shape index (κ3) is 4.03. The van der Waals surface area contributed by atoms with E-state index in [2.05, 4.69) is 38.1 Å². The van der Waals surface area contributed by atoms with Gasteiger partial charge in [0.05, 0.1) is 10.6 Å². The van der Waals surface area contributed by atoms with Crippen LogP contribution in [0.4, 0.5) is 5.69 Å². The van der Waals surface area contributed by atoms with Crippen LogP contribution >= 0.6 is 45.7 Å². The summed E-state index contributed by atoms with van der Waals surface area (Å²) in [6.45, 7) is 0. The van der Waals surface area contributed by atoms with Gasteiger partial charge in [0.2, 0.25) is 11.1 Å². The predicted molar refractivity (Wildman–Crippen MR) is 102 cm³/mol. The lowest BCUT2D eigenvalue weighted by molar-refractivity contribution is -0.113. The normalized spacial score (nSPS) is 10.7. The van der Waals surface area contributed by atoms with Crippen LogP contribution in [0, 0.1) is 3.57 Å². The van der Waals surface area contributed by atoms with Crippen LogP contribution in [0.25, 0.3) is 10.7 Å². The molecule has 0 spiro atoms. The van der Waals surface area contributed by atoms with Crippen molar-refractivity contribution in [2.75, 3.05) is 16.9 Å². The molecule has 0 fully saturated rings. The molecule has 1 amide bonds. The highest BCUT2D eigenvalue weighted by Gasteiger charge is 2.14. The maximum Gasteiger partial charge on any atom is 0.234 e. The monoisotopic (exact) mass is 457 g/mol. The van der Waals surface area contributed by atoms with Crippen LogP contribution in [0.3, 0.4) is 0 Å². The molecule has 0 bridgehead atoms. The van der Waals surface area contributed by atoms with Crippen LogP contribution < -0.4 is 11.2 Å². The lowest BCUT2D eigenvalue weighted by Crippen LogP contribution is -2.16. The van der Waals surface area contributed by atoms with Crippen LogP contribution in [0.15, 0.2) is 46.9 Å². The predicted octanol–water partition coefficient (Wildman–Crippen LogP) is 3.06. The number of nitrogens with one attached hydrogen (secondary N) is 1. The summed E-state index contributed by atoms with van der Waals surface area (Å²) in [5.74, 6) is 6.70. The van der Waals surface area contributed by atoms with Gasteiger partial charge in [-0.25, -0.2) is 4.68 Å². The zero-order valence-corrected chi connectivity index (χ0v) is 15.6. The van der Waals surface area contributed by atoms with Crippen molar-refractivity contribution in [3.05, 3.63) is 45.3 Å². The molecule has 3 N–H and O–H groups in total. The van der Waals surface area contributed by atoms with Crippen molar-refractivity contribution in [1.82, 2.24) is 14.9 Å². The minimum absolute atomic E-state index is 0.113. The number of thiophene rings is 1. The van der Waals surface area contributed by atoms with Crippen LogP contribution in [0.1, 0.15) is 0 Å². The smallest absolute Gasteiger partial charge is 0.234 e. The molecule has 0 aliphatic carbocycles. The zero-order valence-electron chi connectivity index (χ0n) is 11.8. The summed E-state index contributed by atoms with van der Waals surface area (Å²) in [6, 6.07) is 11.5. The molecule has 3 aromatic rings. The number of nitrogens with zero attached hydrogens (tertiary/aromatic N) is 3. The van der Waals surface area contributed by atoms with Gasteiger partial charge in [-0.1, -0.05) is 23.9 Å². The number of halogens is 1. The van der Waals surface area contributed by atoms with Crippen molar-refractivity contribution in [1.29, 1.82) is 0 Å². The molecule has 0 saturated carbocycles. The molecule has 118 valence electrons. The van der Waals surface area contributed by atoms with Gasteiger partial charge >= 0.3 is 0 Å². The first-order valence-electron chi connectivity index (χ1n) is 6.56. The van der Waals surface area contributed by atoms with Crippen LogP contribution in [-0.2, 0) is 4.79 Å². The molecule has 3 rings (SSSR count). The van der Waals surface area contributed by atoms with Crippen molar-refractivity contribution in [3.63, 3.8) is 0 Å². The summed E-state index contributed by atoms with van der Waals surface area (Å²) >= 11 is 4.99. The lowest BCUT2D eigenvalue weighted by Gasteiger charge is -2.05. The van der Waals surface area contributed by atoms with E-state index in [1.807, 2.05) is 41.8 Å². The molecule has 0 atom stereocenters. The van der Waals surface area contributed by atoms with E-state index in [1.165, 1.54) is 27.8 Å². The number of carbonyl (C=O) groups is 1. The van der Waals surface area contributed by atoms with Crippen LogP contribution in [0.2, 0.25) is 0 Å². The second-order valence-electron chi connectivity index (χ2n) is 4.50. The number of nitrogen functional groups attached to an aromatic ring is 1. The van der Waals surface area contributed by atoms with Gasteiger partial charge in [0, 0.05) is 9.26 Å². The maximum atomic E-state index is 12.0. The first-order chi connectivity index (χ1) is 11.1. The summed E-state index contributed by atoms with van der Waals surface area (Å²) in [4.78, 5) is 13.0. The van der Waals surface area contributed by atoms with Crippen molar-refractivity contribution < 1.29 is 4.79 Å². The highest BCUT2D eigenvalue weighted by Crippen LogP contribution is 2.25. The average Bonchev–Trinajstić information content (AvgIpc) is 3.15. The Hall–Kier alpha value is -1.59. The molecule has 2 heterocycles. The van der Waals surface area contributed by atoms with E-state index in [-0.39, 0.29) is 11.7 Å². The largest absolute Gasteiger partial charge is 0.335 e. The quantitative estimate of drug-likeness (QED) is 0.350. The van der Waals surface area contributed by atoms with Gasteiger partial charge in [-0.2, -0.15) is 0 Å². The van der Waals surface area contributed by atoms with E-state index in [4.69, 9.17) is 5.84 Å². The minimum atomic E-state index is -0.113.